The fourth-order valence-electron chi connectivity index (χ4n) is 1.98. The summed E-state index contributed by atoms with van der Waals surface area (Å²) in [6.07, 6.45) is 4.50. The minimum atomic E-state index is -0.611. The average molecular weight is 169 g/mol. The van der Waals surface area contributed by atoms with Crippen molar-refractivity contribution in [2.24, 2.45) is 5.92 Å². The molecule has 2 rings (SSSR count). The van der Waals surface area contributed by atoms with Crippen molar-refractivity contribution in [2.75, 3.05) is 13.1 Å². The normalized spacial score (nSPS) is 31.8. The molecule has 2 fully saturated rings. The first-order valence-electron chi connectivity index (χ1n) is 4.74. The number of hydrogen-bond acceptors (Lipinski definition) is 2. The van der Waals surface area contributed by atoms with Gasteiger partial charge in [0.2, 0.25) is 0 Å². The lowest BCUT2D eigenvalue weighted by atomic mass is 9.98. The zero-order valence-electron chi connectivity index (χ0n) is 7.20. The highest BCUT2D eigenvalue weighted by atomic mass is 16.4. The molecule has 3 nitrogen and oxygen atoms in total. The molecule has 1 aliphatic heterocycles. The van der Waals surface area contributed by atoms with Crippen molar-refractivity contribution in [3.05, 3.63) is 0 Å². The summed E-state index contributed by atoms with van der Waals surface area (Å²) in [4.78, 5) is 13.1. The first-order chi connectivity index (χ1) is 5.77. The Hall–Kier alpha value is -0.570. The molecule has 0 aromatic rings. The zero-order chi connectivity index (χ0) is 8.55. The topological polar surface area (TPSA) is 40.5 Å². The van der Waals surface area contributed by atoms with Gasteiger partial charge in [-0.15, -0.1) is 0 Å². The third kappa shape index (κ3) is 1.61. The molecule has 68 valence electrons. The van der Waals surface area contributed by atoms with Crippen molar-refractivity contribution < 1.29 is 9.90 Å². The Labute approximate surface area is 72.4 Å². The average Bonchev–Trinajstić information content (AvgIpc) is 2.87. The number of piperidine rings is 1. The summed E-state index contributed by atoms with van der Waals surface area (Å²) in [5.74, 6) is -0.709. The van der Waals surface area contributed by atoms with Crippen molar-refractivity contribution >= 4 is 5.97 Å². The predicted molar refractivity (Wildman–Crippen MR) is 45.0 cm³/mol. The summed E-state index contributed by atoms with van der Waals surface area (Å²) < 4.78 is 0. The number of nitrogens with zero attached hydrogens (tertiary/aromatic N) is 1. The first kappa shape index (κ1) is 8.05. The highest BCUT2D eigenvalue weighted by Gasteiger charge is 2.34. The standard InChI is InChI=1S/C9H15NO2/c11-9(12)7-2-1-5-10(6-7)8-3-4-8/h7-8H,1-6H2,(H,11,12)/t7-/m0/s1. The van der Waals surface area contributed by atoms with Gasteiger partial charge in [0.05, 0.1) is 5.92 Å². The molecular formula is C9H15NO2. The molecular weight excluding hydrogens is 154 g/mol. The van der Waals surface area contributed by atoms with Crippen LogP contribution in [0.2, 0.25) is 0 Å². The molecule has 3 heteroatoms. The van der Waals surface area contributed by atoms with Gasteiger partial charge >= 0.3 is 5.97 Å². The second kappa shape index (κ2) is 3.05. The molecule has 1 saturated heterocycles. The van der Waals surface area contributed by atoms with Gasteiger partial charge in [-0.05, 0) is 32.2 Å². The Balaban J connectivity index is 1.89. The van der Waals surface area contributed by atoms with E-state index in [1.54, 1.807) is 0 Å². The van der Waals surface area contributed by atoms with Crippen molar-refractivity contribution in [2.45, 2.75) is 31.7 Å². The van der Waals surface area contributed by atoms with E-state index in [-0.39, 0.29) is 5.92 Å². The largest absolute Gasteiger partial charge is 0.481 e. The molecule has 1 heterocycles. The van der Waals surface area contributed by atoms with Crippen LogP contribution >= 0.6 is 0 Å². The van der Waals surface area contributed by atoms with Crippen molar-refractivity contribution in [1.29, 1.82) is 0 Å². The van der Waals surface area contributed by atoms with Gasteiger partial charge in [0, 0.05) is 12.6 Å². The fraction of sp³-hybridized carbons (Fsp3) is 0.889. The molecule has 1 saturated carbocycles. The van der Waals surface area contributed by atoms with Crippen LogP contribution in [0.1, 0.15) is 25.7 Å². The maximum atomic E-state index is 10.7. The van der Waals surface area contributed by atoms with E-state index in [4.69, 9.17) is 5.11 Å². The van der Waals surface area contributed by atoms with Crippen LogP contribution in [-0.4, -0.2) is 35.1 Å². The summed E-state index contributed by atoms with van der Waals surface area (Å²) in [6.45, 7) is 1.91. The van der Waals surface area contributed by atoms with Gasteiger partial charge < -0.3 is 5.11 Å². The summed E-state index contributed by atoms with van der Waals surface area (Å²) in [5.41, 5.74) is 0. The second-order valence-electron chi connectivity index (χ2n) is 3.90. The third-order valence-electron chi connectivity index (χ3n) is 2.87. The van der Waals surface area contributed by atoms with Gasteiger partial charge in [0.25, 0.3) is 0 Å². The molecule has 0 amide bonds. The van der Waals surface area contributed by atoms with Gasteiger partial charge in [0.15, 0.2) is 0 Å². The number of carbonyl (C=O) groups is 1. The fourth-order valence-corrected chi connectivity index (χ4v) is 1.98. The van der Waals surface area contributed by atoms with Crippen LogP contribution in [0.15, 0.2) is 0 Å². The minimum absolute atomic E-state index is 0.0978. The lowest BCUT2D eigenvalue weighted by Crippen LogP contribution is -2.39. The van der Waals surface area contributed by atoms with Crippen molar-refractivity contribution in [3.63, 3.8) is 0 Å². The summed E-state index contributed by atoms with van der Waals surface area (Å²) in [5, 5.41) is 8.83. The Morgan fingerprint density at radius 2 is 2.08 bits per heavy atom. The van der Waals surface area contributed by atoms with Crippen LogP contribution in [0.25, 0.3) is 0 Å². The maximum absolute atomic E-state index is 10.7. The van der Waals surface area contributed by atoms with E-state index < -0.39 is 5.97 Å². The summed E-state index contributed by atoms with van der Waals surface area (Å²) >= 11 is 0. The minimum Gasteiger partial charge on any atom is -0.481 e. The van der Waals surface area contributed by atoms with Gasteiger partial charge in [0.1, 0.15) is 0 Å². The van der Waals surface area contributed by atoms with Gasteiger partial charge in [-0.3, -0.25) is 9.69 Å². The van der Waals surface area contributed by atoms with Gasteiger partial charge in [-0.25, -0.2) is 0 Å². The molecule has 12 heavy (non-hydrogen) atoms. The van der Waals surface area contributed by atoms with Crippen LogP contribution in [0.5, 0.6) is 0 Å². The molecule has 1 N–H and O–H groups in total. The first-order valence-corrected chi connectivity index (χ1v) is 4.74. The lowest BCUT2D eigenvalue weighted by molar-refractivity contribution is -0.143. The van der Waals surface area contributed by atoms with E-state index in [0.717, 1.165) is 32.0 Å². The van der Waals surface area contributed by atoms with Crippen molar-refractivity contribution in [3.8, 4) is 0 Å². The number of hydrogen-bond donors (Lipinski definition) is 1. The predicted octanol–water partition coefficient (Wildman–Crippen LogP) is 0.945. The van der Waals surface area contributed by atoms with Crippen LogP contribution in [0.4, 0.5) is 0 Å². The molecule has 0 bridgehead atoms. The van der Waals surface area contributed by atoms with Crippen molar-refractivity contribution in [1.82, 2.24) is 4.90 Å². The highest BCUT2D eigenvalue weighted by Crippen LogP contribution is 2.30. The quantitative estimate of drug-likeness (QED) is 0.669. The second-order valence-corrected chi connectivity index (χ2v) is 3.90. The molecule has 2 aliphatic rings. The van der Waals surface area contributed by atoms with E-state index in [9.17, 15) is 4.79 Å². The number of carboxylic acid groups (broad SMARTS) is 1. The Bertz CT molecular complexity index is 189. The Morgan fingerprint density at radius 1 is 1.33 bits per heavy atom. The van der Waals surface area contributed by atoms with E-state index in [1.165, 1.54) is 12.8 Å². The molecule has 0 aromatic carbocycles. The number of likely N-dealkylation sites (tertiary alicyclic amines) is 1. The van der Waals surface area contributed by atoms with Crippen LogP contribution in [-0.2, 0) is 4.79 Å². The van der Waals surface area contributed by atoms with Gasteiger partial charge in [-0.2, -0.15) is 0 Å². The summed E-state index contributed by atoms with van der Waals surface area (Å²) in [7, 11) is 0. The molecule has 0 radical (unpaired) electrons. The monoisotopic (exact) mass is 169 g/mol. The Morgan fingerprint density at radius 3 is 2.67 bits per heavy atom. The Kier molecular flexibility index (Phi) is 2.05. The highest BCUT2D eigenvalue weighted by molar-refractivity contribution is 5.70. The molecule has 1 atom stereocenters. The summed E-state index contributed by atoms with van der Waals surface area (Å²) in [6, 6.07) is 0.729. The van der Waals surface area contributed by atoms with E-state index in [1.807, 2.05) is 0 Å². The molecule has 0 spiro atoms. The SMILES string of the molecule is O=C(O)[C@H]1CCCN(C2CC2)C1. The maximum Gasteiger partial charge on any atom is 0.307 e. The zero-order valence-corrected chi connectivity index (χ0v) is 7.20. The number of rotatable bonds is 2. The lowest BCUT2D eigenvalue weighted by Gasteiger charge is -2.30. The number of carboxylic acids is 1. The van der Waals surface area contributed by atoms with E-state index in [0.29, 0.717) is 0 Å². The van der Waals surface area contributed by atoms with Gasteiger partial charge in [-0.1, -0.05) is 0 Å². The third-order valence-corrected chi connectivity index (χ3v) is 2.87. The smallest absolute Gasteiger partial charge is 0.307 e. The van der Waals surface area contributed by atoms with Crippen LogP contribution in [0.3, 0.4) is 0 Å². The number of aliphatic carboxylic acids is 1. The van der Waals surface area contributed by atoms with Crippen LogP contribution in [0, 0.1) is 5.92 Å². The van der Waals surface area contributed by atoms with Crippen LogP contribution < -0.4 is 0 Å². The molecule has 0 aromatic heterocycles. The van der Waals surface area contributed by atoms with E-state index in [2.05, 4.69) is 4.90 Å². The molecule has 0 unspecified atom stereocenters. The molecule has 1 aliphatic carbocycles. The van der Waals surface area contributed by atoms with E-state index >= 15 is 0 Å².